The normalized spacial score (nSPS) is 10.9. The van der Waals surface area contributed by atoms with E-state index in [9.17, 15) is 4.79 Å². The summed E-state index contributed by atoms with van der Waals surface area (Å²) in [7, 11) is 0. The number of aromatic nitrogens is 1. The Bertz CT molecular complexity index is 519. The fraction of sp³-hybridized carbons (Fsp3) is 0.200. The molecule has 1 heterocycles. The number of hydrogen-bond donors (Lipinski definition) is 1. The number of ether oxygens (including phenoxy) is 1. The monoisotopic (exact) mass is 258 g/mol. The number of pyridine rings is 1. The van der Waals surface area contributed by atoms with Crippen molar-refractivity contribution in [3.63, 3.8) is 0 Å². The van der Waals surface area contributed by atoms with Gasteiger partial charge >= 0.3 is 5.97 Å². The zero-order chi connectivity index (χ0) is 14.3. The summed E-state index contributed by atoms with van der Waals surface area (Å²) in [5.74, 6) is 0.0440. The van der Waals surface area contributed by atoms with Gasteiger partial charge < -0.3 is 10.5 Å². The Morgan fingerprint density at radius 1 is 1.47 bits per heavy atom. The number of anilines is 1. The van der Waals surface area contributed by atoms with Gasteiger partial charge in [-0.15, -0.1) is 0 Å². The van der Waals surface area contributed by atoms with E-state index in [2.05, 4.69) is 18.1 Å². The Balaban J connectivity index is 2.97. The maximum atomic E-state index is 11.4. The molecular weight excluding hydrogens is 240 g/mol. The fourth-order valence-corrected chi connectivity index (χ4v) is 1.61. The summed E-state index contributed by atoms with van der Waals surface area (Å²) < 4.78 is 4.86. The molecule has 0 aliphatic heterocycles. The van der Waals surface area contributed by atoms with Gasteiger partial charge in [0.15, 0.2) is 0 Å². The molecule has 0 atom stereocenters. The molecule has 0 aromatic carbocycles. The van der Waals surface area contributed by atoms with Gasteiger partial charge in [-0.3, -0.25) is 4.79 Å². The van der Waals surface area contributed by atoms with Crippen LogP contribution in [0.4, 0.5) is 5.82 Å². The lowest BCUT2D eigenvalue weighted by Crippen LogP contribution is -2.10. The summed E-state index contributed by atoms with van der Waals surface area (Å²) in [5.41, 5.74) is 8.08. The summed E-state index contributed by atoms with van der Waals surface area (Å²) in [6.07, 6.45) is 5.25. The van der Waals surface area contributed by atoms with Crippen LogP contribution in [-0.4, -0.2) is 17.6 Å². The smallest absolute Gasteiger partial charge is 0.311 e. The lowest BCUT2D eigenvalue weighted by atomic mass is 10.1. The molecular formula is C15H18N2O2. The van der Waals surface area contributed by atoms with Gasteiger partial charge in [-0.2, -0.15) is 0 Å². The number of nitrogens with zero attached hydrogens (tertiary/aromatic N) is 1. The first kappa shape index (κ1) is 14.7. The number of carbonyl (C=O) groups excluding carboxylic acids is 1. The van der Waals surface area contributed by atoms with Gasteiger partial charge in [-0.25, -0.2) is 4.98 Å². The average molecular weight is 258 g/mol. The minimum absolute atomic E-state index is 0.118. The first-order chi connectivity index (χ1) is 9.12. The topological polar surface area (TPSA) is 65.2 Å². The van der Waals surface area contributed by atoms with E-state index in [1.807, 2.05) is 6.07 Å². The van der Waals surface area contributed by atoms with Crippen LogP contribution in [-0.2, 0) is 16.0 Å². The molecule has 0 radical (unpaired) electrons. The molecule has 1 aromatic rings. The minimum Gasteiger partial charge on any atom is -0.466 e. The summed E-state index contributed by atoms with van der Waals surface area (Å²) in [6.45, 7) is 9.47. The second-order valence-electron chi connectivity index (χ2n) is 3.78. The molecule has 2 N–H and O–H groups in total. The first-order valence-corrected chi connectivity index (χ1v) is 5.98. The first-order valence-electron chi connectivity index (χ1n) is 5.98. The van der Waals surface area contributed by atoms with Gasteiger partial charge in [0.25, 0.3) is 0 Å². The second-order valence-corrected chi connectivity index (χ2v) is 3.78. The third kappa shape index (κ3) is 4.10. The standard InChI is InChI=1S/C15H18N2O2/c1-4-7-11(5-2)13-9-8-12(17-15(13)16)10-14(18)19-6-3/h4-5,7-9H,1-2,6,10H2,3H3,(H2,16,17)/b11-7+. The summed E-state index contributed by atoms with van der Waals surface area (Å²) in [4.78, 5) is 15.6. The highest BCUT2D eigenvalue weighted by molar-refractivity contribution is 5.80. The third-order valence-corrected chi connectivity index (χ3v) is 2.44. The van der Waals surface area contributed by atoms with Crippen LogP contribution < -0.4 is 5.73 Å². The van der Waals surface area contributed by atoms with Crippen LogP contribution in [0.25, 0.3) is 5.57 Å². The Labute approximate surface area is 113 Å². The molecule has 4 nitrogen and oxygen atoms in total. The van der Waals surface area contributed by atoms with E-state index in [4.69, 9.17) is 10.5 Å². The Hall–Kier alpha value is -2.36. The van der Waals surface area contributed by atoms with Crippen LogP contribution in [0.3, 0.4) is 0 Å². The second kappa shape index (κ2) is 7.16. The SMILES string of the molecule is C=C/C=C(\C=C)c1ccc(CC(=O)OCC)nc1N. The van der Waals surface area contributed by atoms with Crippen LogP contribution in [0.1, 0.15) is 18.2 Å². The molecule has 0 spiro atoms. The maximum absolute atomic E-state index is 11.4. The van der Waals surface area contributed by atoms with Crippen molar-refractivity contribution in [3.05, 3.63) is 54.8 Å². The molecule has 19 heavy (non-hydrogen) atoms. The van der Waals surface area contributed by atoms with Crippen LogP contribution in [0.5, 0.6) is 0 Å². The zero-order valence-corrected chi connectivity index (χ0v) is 11.1. The van der Waals surface area contributed by atoms with Crippen LogP contribution in [0, 0.1) is 0 Å². The van der Waals surface area contributed by atoms with Crippen molar-refractivity contribution in [1.82, 2.24) is 4.98 Å². The van der Waals surface area contributed by atoms with Crippen LogP contribution >= 0.6 is 0 Å². The molecule has 0 amide bonds. The van der Waals surface area contributed by atoms with Crippen LogP contribution in [0.15, 0.2) is 43.5 Å². The van der Waals surface area contributed by atoms with Gasteiger partial charge in [0.1, 0.15) is 5.82 Å². The molecule has 1 aromatic heterocycles. The summed E-state index contributed by atoms with van der Waals surface area (Å²) >= 11 is 0. The van der Waals surface area contributed by atoms with Crippen molar-refractivity contribution < 1.29 is 9.53 Å². The lowest BCUT2D eigenvalue weighted by molar-refractivity contribution is -0.142. The van der Waals surface area contributed by atoms with E-state index in [0.717, 1.165) is 11.1 Å². The Kier molecular flexibility index (Phi) is 5.54. The fourth-order valence-electron chi connectivity index (χ4n) is 1.61. The quantitative estimate of drug-likeness (QED) is 0.629. The number of hydrogen-bond acceptors (Lipinski definition) is 4. The minimum atomic E-state index is -0.312. The van der Waals surface area contributed by atoms with Gasteiger partial charge in [0.05, 0.1) is 18.7 Å². The predicted molar refractivity (Wildman–Crippen MR) is 77.4 cm³/mol. The van der Waals surface area contributed by atoms with Gasteiger partial charge in [0, 0.05) is 5.56 Å². The average Bonchev–Trinajstić information content (AvgIpc) is 2.37. The maximum Gasteiger partial charge on any atom is 0.311 e. The van der Waals surface area contributed by atoms with Crippen molar-refractivity contribution in [1.29, 1.82) is 0 Å². The summed E-state index contributed by atoms with van der Waals surface area (Å²) in [6, 6.07) is 3.57. The molecule has 0 saturated carbocycles. The van der Waals surface area contributed by atoms with E-state index >= 15 is 0 Å². The van der Waals surface area contributed by atoms with Crippen molar-refractivity contribution in [2.24, 2.45) is 0 Å². The molecule has 0 saturated heterocycles. The van der Waals surface area contributed by atoms with E-state index in [1.54, 1.807) is 31.2 Å². The Morgan fingerprint density at radius 3 is 2.74 bits per heavy atom. The Morgan fingerprint density at radius 2 is 2.21 bits per heavy atom. The molecule has 4 heteroatoms. The van der Waals surface area contributed by atoms with Crippen molar-refractivity contribution in [3.8, 4) is 0 Å². The number of esters is 1. The van der Waals surface area contributed by atoms with Gasteiger partial charge in [-0.1, -0.05) is 31.4 Å². The molecule has 0 fully saturated rings. The highest BCUT2D eigenvalue weighted by Gasteiger charge is 2.09. The van der Waals surface area contributed by atoms with Crippen molar-refractivity contribution in [2.45, 2.75) is 13.3 Å². The van der Waals surface area contributed by atoms with E-state index < -0.39 is 0 Å². The summed E-state index contributed by atoms with van der Waals surface area (Å²) in [5, 5.41) is 0. The predicted octanol–water partition coefficient (Wildman–Crippen LogP) is 2.52. The third-order valence-electron chi connectivity index (χ3n) is 2.44. The highest BCUT2D eigenvalue weighted by Crippen LogP contribution is 2.21. The molecule has 1 rings (SSSR count). The van der Waals surface area contributed by atoms with Crippen molar-refractivity contribution in [2.75, 3.05) is 12.3 Å². The van der Waals surface area contributed by atoms with Gasteiger partial charge in [0.2, 0.25) is 0 Å². The number of nitrogen functional groups attached to an aromatic ring is 1. The molecule has 0 bridgehead atoms. The zero-order valence-electron chi connectivity index (χ0n) is 11.1. The van der Waals surface area contributed by atoms with Gasteiger partial charge in [-0.05, 0) is 24.6 Å². The molecule has 0 aliphatic carbocycles. The van der Waals surface area contributed by atoms with Crippen molar-refractivity contribution >= 4 is 17.4 Å². The van der Waals surface area contributed by atoms with Crippen LogP contribution in [0.2, 0.25) is 0 Å². The van der Waals surface area contributed by atoms with E-state index in [0.29, 0.717) is 18.1 Å². The molecule has 0 unspecified atom stereocenters. The molecule has 0 aliphatic rings. The van der Waals surface area contributed by atoms with E-state index in [1.165, 1.54) is 0 Å². The number of rotatable bonds is 6. The van der Waals surface area contributed by atoms with E-state index in [-0.39, 0.29) is 12.4 Å². The number of nitrogens with two attached hydrogens (primary N) is 1. The molecule has 100 valence electrons. The highest BCUT2D eigenvalue weighted by atomic mass is 16.5. The number of allylic oxidation sites excluding steroid dienone is 4. The number of carbonyl (C=O) groups is 1. The largest absolute Gasteiger partial charge is 0.466 e. The lowest BCUT2D eigenvalue weighted by Gasteiger charge is -2.08.